The van der Waals surface area contributed by atoms with Crippen LogP contribution in [0.15, 0.2) is 46.9 Å². The third-order valence-corrected chi connectivity index (χ3v) is 8.41. The molecular formula is C19H16BrClFN3O2S2. The molecule has 2 aromatic carbocycles. The van der Waals surface area contributed by atoms with Crippen molar-refractivity contribution < 1.29 is 12.8 Å². The second-order valence-electron chi connectivity index (χ2n) is 6.60. The molecule has 1 fully saturated rings. The highest BCUT2D eigenvalue weighted by atomic mass is 79.9. The Morgan fingerprint density at radius 3 is 2.83 bits per heavy atom. The van der Waals surface area contributed by atoms with Gasteiger partial charge in [0.1, 0.15) is 11.2 Å². The summed E-state index contributed by atoms with van der Waals surface area (Å²) in [7, 11) is -3.64. The van der Waals surface area contributed by atoms with Gasteiger partial charge in [0.15, 0.2) is 5.82 Å². The van der Waals surface area contributed by atoms with Gasteiger partial charge in [0.2, 0.25) is 10.0 Å². The van der Waals surface area contributed by atoms with Gasteiger partial charge < -0.3 is 5.32 Å². The molecule has 152 valence electrons. The zero-order valence-corrected chi connectivity index (χ0v) is 19.0. The van der Waals surface area contributed by atoms with Crippen LogP contribution in [0, 0.1) is 5.82 Å². The topological polar surface area (TPSA) is 62.3 Å². The van der Waals surface area contributed by atoms with E-state index in [2.05, 4.69) is 32.8 Å². The highest BCUT2D eigenvalue weighted by molar-refractivity contribution is 9.10. The Morgan fingerprint density at radius 1 is 1.41 bits per heavy atom. The van der Waals surface area contributed by atoms with Crippen LogP contribution < -0.4 is 9.62 Å². The number of anilines is 3. The van der Waals surface area contributed by atoms with E-state index in [0.717, 1.165) is 4.47 Å². The minimum Gasteiger partial charge on any atom is -0.350 e. The molecule has 1 heterocycles. The van der Waals surface area contributed by atoms with E-state index >= 15 is 4.39 Å². The molecule has 10 heteroatoms. The van der Waals surface area contributed by atoms with Gasteiger partial charge in [-0.2, -0.15) is 0 Å². The van der Waals surface area contributed by atoms with E-state index in [0.29, 0.717) is 28.3 Å². The average Bonchev–Trinajstić information content (AvgIpc) is 3.43. The number of sulfonamides is 1. The monoisotopic (exact) mass is 515 g/mol. The Balaban J connectivity index is 1.91. The Bertz CT molecular complexity index is 1210. The molecule has 0 spiro atoms. The zero-order valence-electron chi connectivity index (χ0n) is 15.0. The van der Waals surface area contributed by atoms with Gasteiger partial charge >= 0.3 is 0 Å². The first-order valence-electron chi connectivity index (χ1n) is 8.73. The largest absolute Gasteiger partial charge is 0.350 e. The summed E-state index contributed by atoms with van der Waals surface area (Å²) in [6.45, 7) is 3.71. The number of fused-ring (bicyclic) bond motifs is 1. The molecule has 1 aliphatic carbocycles. The number of nitrogens with zero attached hydrogens (tertiary/aromatic N) is 2. The minimum absolute atomic E-state index is 0.0127. The number of benzene rings is 2. The molecule has 0 atom stereocenters. The standard InChI is InChI=1S/C19H16BrClFN3O2S2/c1-2-7-25(29(26,27)12-4-5-12)15-9-16-19(23-10-28-16)17(22)18(15)24-14-6-3-11(20)8-13(14)21/h2-3,6,8-10,12,24H,1,4-5,7H2. The Labute approximate surface area is 185 Å². The first-order valence-corrected chi connectivity index (χ1v) is 12.3. The lowest BCUT2D eigenvalue weighted by molar-refractivity contribution is 0.591. The lowest BCUT2D eigenvalue weighted by atomic mass is 10.2. The third-order valence-electron chi connectivity index (χ3n) is 4.55. The van der Waals surface area contributed by atoms with Gasteiger partial charge in [0, 0.05) is 4.47 Å². The van der Waals surface area contributed by atoms with Gasteiger partial charge in [0.25, 0.3) is 0 Å². The molecule has 0 radical (unpaired) electrons. The van der Waals surface area contributed by atoms with E-state index < -0.39 is 21.1 Å². The summed E-state index contributed by atoms with van der Waals surface area (Å²) in [5.41, 5.74) is 2.38. The van der Waals surface area contributed by atoms with Crippen molar-refractivity contribution in [2.24, 2.45) is 0 Å². The molecule has 0 saturated heterocycles. The molecule has 1 N–H and O–H groups in total. The molecule has 0 unspecified atom stereocenters. The fraction of sp³-hybridized carbons (Fsp3) is 0.211. The van der Waals surface area contributed by atoms with E-state index in [9.17, 15) is 8.42 Å². The molecule has 1 aromatic heterocycles. The predicted octanol–water partition coefficient (Wildman–Crippen LogP) is 6.08. The molecule has 5 nitrogen and oxygen atoms in total. The van der Waals surface area contributed by atoms with Gasteiger partial charge in [-0.3, -0.25) is 4.31 Å². The van der Waals surface area contributed by atoms with Gasteiger partial charge in [-0.05, 0) is 37.1 Å². The smallest absolute Gasteiger partial charge is 0.238 e. The Hall–Kier alpha value is -1.68. The number of aromatic nitrogens is 1. The molecule has 29 heavy (non-hydrogen) atoms. The number of nitrogens with one attached hydrogen (secondary N) is 1. The highest BCUT2D eigenvalue weighted by Gasteiger charge is 2.41. The highest BCUT2D eigenvalue weighted by Crippen LogP contribution is 2.42. The lowest BCUT2D eigenvalue weighted by Gasteiger charge is -2.26. The van der Waals surface area contributed by atoms with E-state index in [-0.39, 0.29) is 23.4 Å². The summed E-state index contributed by atoms with van der Waals surface area (Å²) in [5, 5.41) is 2.90. The van der Waals surface area contributed by atoms with Crippen molar-refractivity contribution >= 4 is 76.2 Å². The average molecular weight is 517 g/mol. The predicted molar refractivity (Wildman–Crippen MR) is 121 cm³/mol. The number of hydrogen-bond donors (Lipinski definition) is 1. The molecule has 1 saturated carbocycles. The van der Waals surface area contributed by atoms with Crippen LogP contribution in [-0.2, 0) is 10.0 Å². The van der Waals surface area contributed by atoms with Crippen LogP contribution in [0.4, 0.5) is 21.5 Å². The van der Waals surface area contributed by atoms with Crippen molar-refractivity contribution in [2.45, 2.75) is 18.1 Å². The summed E-state index contributed by atoms with van der Waals surface area (Å²) in [6.07, 6.45) is 2.69. The quantitative estimate of drug-likeness (QED) is 0.387. The molecule has 0 aliphatic heterocycles. The van der Waals surface area contributed by atoms with Crippen molar-refractivity contribution in [3.05, 3.63) is 57.7 Å². The number of rotatable bonds is 7. The van der Waals surface area contributed by atoms with Crippen LogP contribution >= 0.6 is 38.9 Å². The fourth-order valence-electron chi connectivity index (χ4n) is 2.99. The molecule has 0 bridgehead atoms. The van der Waals surface area contributed by atoms with Gasteiger partial charge in [-0.15, -0.1) is 17.9 Å². The Kier molecular flexibility index (Phi) is 5.58. The van der Waals surface area contributed by atoms with Crippen LogP contribution in [0.5, 0.6) is 0 Å². The summed E-state index contributed by atoms with van der Waals surface area (Å²) >= 11 is 10.9. The minimum atomic E-state index is -3.64. The summed E-state index contributed by atoms with van der Waals surface area (Å²) < 4.78 is 44.1. The van der Waals surface area contributed by atoms with Crippen molar-refractivity contribution in [2.75, 3.05) is 16.2 Å². The summed E-state index contributed by atoms with van der Waals surface area (Å²) in [5.74, 6) is -0.627. The molecule has 3 aromatic rings. The summed E-state index contributed by atoms with van der Waals surface area (Å²) in [6, 6.07) is 6.77. The fourth-order valence-corrected chi connectivity index (χ4v) is 6.24. The maximum Gasteiger partial charge on any atom is 0.238 e. The van der Waals surface area contributed by atoms with Crippen LogP contribution in [0.25, 0.3) is 10.2 Å². The van der Waals surface area contributed by atoms with Crippen molar-refractivity contribution in [1.82, 2.24) is 4.98 Å². The van der Waals surface area contributed by atoms with Crippen LogP contribution in [-0.4, -0.2) is 25.2 Å². The first kappa shape index (κ1) is 20.6. The van der Waals surface area contributed by atoms with Crippen LogP contribution in [0.3, 0.4) is 0 Å². The van der Waals surface area contributed by atoms with Crippen molar-refractivity contribution in [1.29, 1.82) is 0 Å². The molecule has 4 rings (SSSR count). The van der Waals surface area contributed by atoms with E-state index in [1.165, 1.54) is 27.2 Å². The second kappa shape index (κ2) is 7.86. The molecule has 1 aliphatic rings. The van der Waals surface area contributed by atoms with Gasteiger partial charge in [-0.25, -0.2) is 17.8 Å². The normalized spacial score (nSPS) is 14.2. The SMILES string of the molecule is C=CCN(c1cc2scnc2c(F)c1Nc1ccc(Br)cc1Cl)S(=O)(=O)C1CC1. The summed E-state index contributed by atoms with van der Waals surface area (Å²) in [4.78, 5) is 4.09. The third kappa shape index (κ3) is 3.88. The van der Waals surface area contributed by atoms with Crippen LogP contribution in [0.1, 0.15) is 12.8 Å². The van der Waals surface area contributed by atoms with Crippen molar-refractivity contribution in [3.8, 4) is 0 Å². The zero-order chi connectivity index (χ0) is 20.8. The second-order valence-corrected chi connectivity index (χ2v) is 10.9. The molecule has 0 amide bonds. The Morgan fingerprint density at radius 2 is 2.17 bits per heavy atom. The maximum absolute atomic E-state index is 15.4. The van der Waals surface area contributed by atoms with Gasteiger partial charge in [0.05, 0.1) is 38.4 Å². The van der Waals surface area contributed by atoms with E-state index in [1.54, 1.807) is 24.3 Å². The number of hydrogen-bond acceptors (Lipinski definition) is 5. The van der Waals surface area contributed by atoms with Crippen LogP contribution in [0.2, 0.25) is 5.02 Å². The number of thiazole rings is 1. The molecular weight excluding hydrogens is 501 g/mol. The van der Waals surface area contributed by atoms with E-state index in [1.807, 2.05) is 0 Å². The van der Waals surface area contributed by atoms with Crippen molar-refractivity contribution in [3.63, 3.8) is 0 Å². The lowest BCUT2D eigenvalue weighted by Crippen LogP contribution is -2.34. The maximum atomic E-state index is 15.4. The number of halogens is 3. The van der Waals surface area contributed by atoms with E-state index in [4.69, 9.17) is 11.6 Å². The van der Waals surface area contributed by atoms with Gasteiger partial charge in [-0.1, -0.05) is 33.6 Å². The first-order chi connectivity index (χ1) is 13.8.